The minimum Gasteiger partial charge on any atom is -0.494 e. The molecule has 1 aromatic heterocycles. The van der Waals surface area contributed by atoms with E-state index in [-0.39, 0.29) is 23.4 Å². The molecule has 124 valence electrons. The second-order valence-electron chi connectivity index (χ2n) is 4.91. The Morgan fingerprint density at radius 2 is 1.96 bits per heavy atom. The summed E-state index contributed by atoms with van der Waals surface area (Å²) < 4.78 is 0.955. The van der Waals surface area contributed by atoms with Crippen molar-refractivity contribution in [3.63, 3.8) is 0 Å². The smallest absolute Gasteiger partial charge is 0.335 e. The molecule has 0 spiro atoms. The van der Waals surface area contributed by atoms with Crippen LogP contribution in [0.25, 0.3) is 0 Å². The quantitative estimate of drug-likeness (QED) is 0.563. The number of carbonyl (C=O) groups is 1. The lowest BCUT2D eigenvalue weighted by Crippen LogP contribution is -2.33. The maximum Gasteiger partial charge on any atom is 0.335 e. The zero-order valence-corrected chi connectivity index (χ0v) is 12.8. The molecule has 2 aromatic rings. The molecule has 0 aliphatic carbocycles. The summed E-state index contributed by atoms with van der Waals surface area (Å²) in [6.07, 6.45) is 1.40. The van der Waals surface area contributed by atoms with Crippen LogP contribution < -0.4 is 11.2 Å². The SMILES string of the molecule is C=CCn1c(O)c(C(C)=Nc2ccc(C(=O)O)cc2)c(=O)[nH]c1=O. The Morgan fingerprint density at radius 1 is 1.33 bits per heavy atom. The van der Waals surface area contributed by atoms with E-state index in [9.17, 15) is 19.5 Å². The van der Waals surface area contributed by atoms with Crippen LogP contribution in [-0.2, 0) is 6.54 Å². The van der Waals surface area contributed by atoms with Crippen molar-refractivity contribution in [1.82, 2.24) is 9.55 Å². The van der Waals surface area contributed by atoms with Crippen molar-refractivity contribution in [2.45, 2.75) is 13.5 Å². The number of aromatic hydroxyl groups is 1. The molecule has 24 heavy (non-hydrogen) atoms. The number of nitrogens with one attached hydrogen (secondary N) is 1. The van der Waals surface area contributed by atoms with E-state index in [1.807, 2.05) is 0 Å². The summed E-state index contributed by atoms with van der Waals surface area (Å²) in [5, 5.41) is 19.0. The number of allylic oxidation sites excluding steroid dienone is 1. The van der Waals surface area contributed by atoms with Gasteiger partial charge in [0.2, 0.25) is 5.88 Å². The molecule has 8 nitrogen and oxygen atoms in total. The van der Waals surface area contributed by atoms with Crippen LogP contribution in [0.1, 0.15) is 22.8 Å². The zero-order chi connectivity index (χ0) is 17.9. The Labute approximate surface area is 136 Å². The first kappa shape index (κ1) is 16.9. The van der Waals surface area contributed by atoms with E-state index in [0.29, 0.717) is 5.69 Å². The van der Waals surface area contributed by atoms with Gasteiger partial charge in [-0.25, -0.2) is 9.59 Å². The molecule has 0 aliphatic heterocycles. The Bertz CT molecular complexity index is 936. The molecule has 3 N–H and O–H groups in total. The van der Waals surface area contributed by atoms with Crippen LogP contribution >= 0.6 is 0 Å². The van der Waals surface area contributed by atoms with Gasteiger partial charge in [-0.3, -0.25) is 19.3 Å². The summed E-state index contributed by atoms with van der Waals surface area (Å²) in [4.78, 5) is 40.8. The molecule has 0 amide bonds. The second kappa shape index (κ2) is 6.78. The second-order valence-corrected chi connectivity index (χ2v) is 4.91. The molecule has 0 radical (unpaired) electrons. The van der Waals surface area contributed by atoms with Crippen molar-refractivity contribution >= 4 is 17.4 Å². The maximum absolute atomic E-state index is 12.0. The van der Waals surface area contributed by atoms with Crippen LogP contribution in [-0.4, -0.2) is 31.4 Å². The minimum atomic E-state index is -1.06. The third-order valence-electron chi connectivity index (χ3n) is 3.26. The number of aromatic nitrogens is 2. The summed E-state index contributed by atoms with van der Waals surface area (Å²) >= 11 is 0. The molecule has 0 fully saturated rings. The Balaban J connectivity index is 2.52. The number of hydrogen-bond acceptors (Lipinski definition) is 5. The van der Waals surface area contributed by atoms with Gasteiger partial charge in [0.05, 0.1) is 17.0 Å². The number of rotatable bonds is 5. The number of H-pyrrole nitrogens is 1. The van der Waals surface area contributed by atoms with Crippen LogP contribution in [0.5, 0.6) is 5.88 Å². The van der Waals surface area contributed by atoms with Crippen LogP contribution in [0.4, 0.5) is 5.69 Å². The summed E-state index contributed by atoms with van der Waals surface area (Å²) in [7, 11) is 0. The third kappa shape index (κ3) is 3.32. The molecule has 0 atom stereocenters. The molecule has 0 unspecified atom stereocenters. The molecular formula is C16H15N3O5. The van der Waals surface area contributed by atoms with E-state index < -0.39 is 23.1 Å². The number of benzene rings is 1. The van der Waals surface area contributed by atoms with Gasteiger partial charge in [0.1, 0.15) is 5.56 Å². The molecule has 0 aliphatic rings. The van der Waals surface area contributed by atoms with Crippen molar-refractivity contribution in [3.05, 3.63) is 68.9 Å². The summed E-state index contributed by atoms with van der Waals surface area (Å²) in [6, 6.07) is 5.68. The Hall–Kier alpha value is -3.42. The molecule has 0 saturated heterocycles. The topological polar surface area (TPSA) is 125 Å². The van der Waals surface area contributed by atoms with E-state index in [0.717, 1.165) is 4.57 Å². The first-order valence-electron chi connectivity index (χ1n) is 6.91. The average molecular weight is 329 g/mol. The van der Waals surface area contributed by atoms with Crippen molar-refractivity contribution in [1.29, 1.82) is 0 Å². The molecule has 2 rings (SSSR count). The molecular weight excluding hydrogens is 314 g/mol. The highest BCUT2D eigenvalue weighted by Gasteiger charge is 2.16. The fraction of sp³-hybridized carbons (Fsp3) is 0.125. The zero-order valence-electron chi connectivity index (χ0n) is 12.8. The van der Waals surface area contributed by atoms with Crippen LogP contribution in [0.3, 0.4) is 0 Å². The maximum atomic E-state index is 12.0. The highest BCUT2D eigenvalue weighted by molar-refractivity contribution is 6.01. The largest absolute Gasteiger partial charge is 0.494 e. The van der Waals surface area contributed by atoms with Crippen LogP contribution in [0.2, 0.25) is 0 Å². The van der Waals surface area contributed by atoms with Gasteiger partial charge in [0.15, 0.2) is 0 Å². The molecule has 0 saturated carbocycles. The fourth-order valence-electron chi connectivity index (χ4n) is 2.11. The predicted molar refractivity (Wildman–Crippen MR) is 88.5 cm³/mol. The van der Waals surface area contributed by atoms with Crippen molar-refractivity contribution in [2.24, 2.45) is 4.99 Å². The highest BCUT2D eigenvalue weighted by atomic mass is 16.4. The van der Waals surface area contributed by atoms with Crippen molar-refractivity contribution in [3.8, 4) is 5.88 Å². The number of hydrogen-bond donors (Lipinski definition) is 3. The number of aromatic carboxylic acids is 1. The minimum absolute atomic E-state index is 0.0229. The Kier molecular flexibility index (Phi) is 4.78. The first-order chi connectivity index (χ1) is 11.3. The van der Waals surface area contributed by atoms with Crippen LogP contribution in [0.15, 0.2) is 51.5 Å². The standard InChI is InChI=1S/C16H15N3O5/c1-3-8-19-14(21)12(13(20)18-16(19)24)9(2)17-11-6-4-10(5-7-11)15(22)23/h3-7,21H,1,8H2,2H3,(H,22,23)(H,18,20,24). The van der Waals surface area contributed by atoms with Gasteiger partial charge in [-0.05, 0) is 31.2 Å². The summed E-state index contributed by atoms with van der Waals surface area (Å²) in [6.45, 7) is 5.01. The fourth-order valence-corrected chi connectivity index (χ4v) is 2.11. The van der Waals surface area contributed by atoms with Gasteiger partial charge in [-0.2, -0.15) is 0 Å². The van der Waals surface area contributed by atoms with E-state index in [4.69, 9.17) is 5.11 Å². The number of nitrogens with zero attached hydrogens (tertiary/aromatic N) is 2. The number of aromatic amines is 1. The lowest BCUT2D eigenvalue weighted by molar-refractivity contribution is 0.0697. The first-order valence-corrected chi connectivity index (χ1v) is 6.91. The third-order valence-corrected chi connectivity index (χ3v) is 3.26. The van der Waals surface area contributed by atoms with Gasteiger partial charge in [-0.1, -0.05) is 6.08 Å². The van der Waals surface area contributed by atoms with E-state index >= 15 is 0 Å². The van der Waals surface area contributed by atoms with E-state index in [2.05, 4.69) is 16.6 Å². The lowest BCUT2D eigenvalue weighted by Gasteiger charge is -2.09. The van der Waals surface area contributed by atoms with Crippen molar-refractivity contribution < 1.29 is 15.0 Å². The Morgan fingerprint density at radius 3 is 2.50 bits per heavy atom. The summed E-state index contributed by atoms with van der Waals surface area (Å²) in [5.41, 5.74) is -0.973. The average Bonchev–Trinajstić information content (AvgIpc) is 2.51. The number of carboxylic acid groups (broad SMARTS) is 1. The number of carboxylic acids is 1. The van der Waals surface area contributed by atoms with Crippen LogP contribution in [0, 0.1) is 0 Å². The van der Waals surface area contributed by atoms with Gasteiger partial charge in [-0.15, -0.1) is 6.58 Å². The van der Waals surface area contributed by atoms with Crippen molar-refractivity contribution in [2.75, 3.05) is 0 Å². The number of aliphatic imine (C=N–C) groups is 1. The van der Waals surface area contributed by atoms with Gasteiger partial charge < -0.3 is 10.2 Å². The molecule has 0 bridgehead atoms. The van der Waals surface area contributed by atoms with Gasteiger partial charge in [0, 0.05) is 6.54 Å². The molecule has 1 aromatic carbocycles. The normalized spacial score (nSPS) is 11.3. The molecule has 8 heteroatoms. The molecule has 1 heterocycles. The van der Waals surface area contributed by atoms with E-state index in [1.54, 1.807) is 0 Å². The predicted octanol–water partition coefficient (Wildman–Crippen LogP) is 1.27. The van der Waals surface area contributed by atoms with Gasteiger partial charge in [0.25, 0.3) is 5.56 Å². The van der Waals surface area contributed by atoms with E-state index in [1.165, 1.54) is 37.3 Å². The monoisotopic (exact) mass is 329 g/mol. The summed E-state index contributed by atoms with van der Waals surface area (Å²) in [5.74, 6) is -1.57. The highest BCUT2D eigenvalue weighted by Crippen LogP contribution is 2.17. The lowest BCUT2D eigenvalue weighted by atomic mass is 10.2. The van der Waals surface area contributed by atoms with Gasteiger partial charge >= 0.3 is 11.7 Å².